The normalized spacial score (nSPS) is 13.6. The van der Waals surface area contributed by atoms with Gasteiger partial charge >= 0.3 is 18.1 Å². The van der Waals surface area contributed by atoms with E-state index in [2.05, 4.69) is 51.1 Å². The first-order chi connectivity index (χ1) is 15.2. The summed E-state index contributed by atoms with van der Waals surface area (Å²) in [5, 5.41) is 10.5. The van der Waals surface area contributed by atoms with Gasteiger partial charge in [-0.1, -0.05) is 11.8 Å². The third-order valence-corrected chi connectivity index (χ3v) is 5.10. The Bertz CT molecular complexity index is 999. The predicted molar refractivity (Wildman–Crippen MR) is 117 cm³/mol. The van der Waals surface area contributed by atoms with E-state index >= 15 is 0 Å². The van der Waals surface area contributed by atoms with E-state index < -0.39 is 12.1 Å². The molecule has 0 amide bonds. The number of thiophene rings is 1. The van der Waals surface area contributed by atoms with Crippen LogP contribution in [-0.2, 0) is 14.3 Å². The maximum atomic E-state index is 11.1. The van der Waals surface area contributed by atoms with Crippen molar-refractivity contribution in [3.63, 3.8) is 0 Å². The lowest BCUT2D eigenvalue weighted by molar-refractivity contribution is -0.192. The number of anilines is 1. The molecule has 3 rings (SSSR count). The van der Waals surface area contributed by atoms with Crippen molar-refractivity contribution in [2.24, 2.45) is 0 Å². The zero-order valence-corrected chi connectivity index (χ0v) is 17.9. The molecule has 170 valence electrons. The van der Waals surface area contributed by atoms with Gasteiger partial charge in [-0.3, -0.25) is 0 Å². The lowest BCUT2D eigenvalue weighted by atomic mass is 10.2. The van der Waals surface area contributed by atoms with Crippen molar-refractivity contribution in [3.8, 4) is 11.8 Å². The molecule has 1 aliphatic rings. The fourth-order valence-electron chi connectivity index (χ4n) is 2.54. The first-order valence-corrected chi connectivity index (χ1v) is 10.2. The summed E-state index contributed by atoms with van der Waals surface area (Å²) in [6, 6.07) is 12.3. The second kappa shape index (κ2) is 11.9. The quantitative estimate of drug-likeness (QED) is 0.410. The average Bonchev–Trinajstić information content (AvgIpc) is 3.24. The van der Waals surface area contributed by atoms with E-state index in [0.29, 0.717) is 0 Å². The van der Waals surface area contributed by atoms with Gasteiger partial charge in [0.1, 0.15) is 0 Å². The fourth-order valence-corrected chi connectivity index (χ4v) is 3.30. The Morgan fingerprint density at radius 2 is 1.75 bits per heavy atom. The van der Waals surface area contributed by atoms with Gasteiger partial charge in [0.15, 0.2) is 0 Å². The van der Waals surface area contributed by atoms with Crippen LogP contribution in [-0.4, -0.2) is 56.5 Å². The summed E-state index contributed by atoms with van der Waals surface area (Å²) < 4.78 is 36.3. The third-order valence-electron chi connectivity index (χ3n) is 4.13. The molecule has 6 nitrogen and oxygen atoms in total. The monoisotopic (exact) mass is 466 g/mol. The summed E-state index contributed by atoms with van der Waals surface area (Å²) in [5.74, 6) is 3.26. The Morgan fingerprint density at radius 1 is 1.12 bits per heavy atom. The van der Waals surface area contributed by atoms with E-state index in [1.54, 1.807) is 17.4 Å². The predicted octanol–water partition coefficient (Wildman–Crippen LogP) is 3.38. The molecule has 32 heavy (non-hydrogen) atoms. The summed E-state index contributed by atoms with van der Waals surface area (Å²) in [7, 11) is 1.37. The summed E-state index contributed by atoms with van der Waals surface area (Å²) >= 11 is 1.55. The first kappa shape index (κ1) is 25.0. The Labute approximate surface area is 187 Å². The molecule has 1 aromatic heterocycles. The van der Waals surface area contributed by atoms with Gasteiger partial charge in [-0.25, -0.2) is 9.59 Å². The number of hydrogen-bond donors (Lipinski definition) is 2. The van der Waals surface area contributed by atoms with Gasteiger partial charge in [0.05, 0.1) is 12.0 Å². The van der Waals surface area contributed by atoms with Crippen molar-refractivity contribution in [1.82, 2.24) is 5.32 Å². The largest absolute Gasteiger partial charge is 0.490 e. The Balaban J connectivity index is 0.000000451. The molecule has 0 bridgehead atoms. The minimum Gasteiger partial charge on any atom is -0.475 e. The molecule has 0 saturated carbocycles. The van der Waals surface area contributed by atoms with Crippen molar-refractivity contribution in [2.45, 2.75) is 6.18 Å². The highest BCUT2D eigenvalue weighted by molar-refractivity contribution is 7.13. The lowest BCUT2D eigenvalue weighted by Crippen LogP contribution is -2.43. The van der Waals surface area contributed by atoms with Crippen LogP contribution in [0.15, 0.2) is 42.5 Å². The first-order valence-electron chi connectivity index (χ1n) is 9.43. The Morgan fingerprint density at radius 3 is 2.31 bits per heavy atom. The van der Waals surface area contributed by atoms with Crippen molar-refractivity contribution in [2.75, 3.05) is 38.2 Å². The van der Waals surface area contributed by atoms with Crippen LogP contribution in [0.25, 0.3) is 6.08 Å². The second-order valence-corrected chi connectivity index (χ2v) is 7.51. The summed E-state index contributed by atoms with van der Waals surface area (Å²) in [4.78, 5) is 24.3. The highest BCUT2D eigenvalue weighted by Gasteiger charge is 2.38. The fraction of sp³-hybridized carbons (Fsp3) is 0.273. The van der Waals surface area contributed by atoms with Gasteiger partial charge in [-0.15, -0.1) is 11.3 Å². The number of carboxylic acid groups (broad SMARTS) is 1. The van der Waals surface area contributed by atoms with E-state index in [-0.39, 0.29) is 5.97 Å². The number of methoxy groups -OCH3 is 1. The maximum Gasteiger partial charge on any atom is 0.490 e. The number of hydrogen-bond acceptors (Lipinski definition) is 6. The molecule has 1 fully saturated rings. The van der Waals surface area contributed by atoms with E-state index in [4.69, 9.17) is 9.90 Å². The van der Waals surface area contributed by atoms with Gasteiger partial charge in [-0.05, 0) is 42.5 Å². The number of rotatable bonds is 3. The van der Waals surface area contributed by atoms with Crippen LogP contribution >= 0.6 is 11.3 Å². The molecule has 0 radical (unpaired) electrons. The van der Waals surface area contributed by atoms with Crippen molar-refractivity contribution >= 4 is 35.0 Å². The van der Waals surface area contributed by atoms with E-state index in [0.717, 1.165) is 41.5 Å². The highest BCUT2D eigenvalue weighted by Crippen LogP contribution is 2.18. The zero-order valence-electron chi connectivity index (χ0n) is 17.1. The number of ether oxygens (including phenoxy) is 1. The van der Waals surface area contributed by atoms with Gasteiger partial charge in [0.2, 0.25) is 0 Å². The molecule has 1 aliphatic heterocycles. The molecular weight excluding hydrogens is 445 g/mol. The van der Waals surface area contributed by atoms with Crippen molar-refractivity contribution in [3.05, 3.63) is 57.8 Å². The molecule has 0 aliphatic carbocycles. The Hall–Kier alpha value is -3.29. The average molecular weight is 466 g/mol. The number of benzene rings is 1. The molecule has 2 heterocycles. The van der Waals surface area contributed by atoms with Crippen molar-refractivity contribution in [1.29, 1.82) is 0 Å². The SMILES string of the molecule is COC(=O)/C=C/c1ccc(C#Cc2ccc(N3CCNCC3)cc2)s1.O=C(O)C(F)(F)F. The van der Waals surface area contributed by atoms with Gasteiger partial charge < -0.3 is 20.1 Å². The number of aliphatic carboxylic acids is 1. The number of nitrogens with one attached hydrogen (secondary N) is 1. The second-order valence-electron chi connectivity index (χ2n) is 6.40. The molecule has 2 N–H and O–H groups in total. The number of nitrogens with zero attached hydrogens (tertiary/aromatic N) is 1. The van der Waals surface area contributed by atoms with Crippen molar-refractivity contribution < 1.29 is 32.6 Å². The molecule has 0 atom stereocenters. The number of carbonyl (C=O) groups excluding carboxylic acids is 1. The third kappa shape index (κ3) is 8.45. The molecule has 0 spiro atoms. The molecule has 10 heteroatoms. The molecule has 1 saturated heterocycles. The van der Waals surface area contributed by atoms with E-state index in [1.807, 2.05) is 12.1 Å². The smallest absolute Gasteiger partial charge is 0.475 e. The van der Waals surface area contributed by atoms with Crippen LogP contribution in [0.1, 0.15) is 15.3 Å². The lowest BCUT2D eigenvalue weighted by Gasteiger charge is -2.29. The standard InChI is InChI=1S/C20H20N2O2S.C2HF3O2/c1-24-20(23)11-10-19-9-8-18(25-19)7-4-16-2-5-17(6-3-16)22-14-12-21-13-15-22;3-2(4,5)1(6)7/h2-3,5-6,8-11,21H,12-15H2,1H3;(H,6,7)/b11-10+;. The van der Waals surface area contributed by atoms with Crippen LogP contribution in [0, 0.1) is 11.8 Å². The van der Waals surface area contributed by atoms with Gasteiger partial charge in [0, 0.05) is 48.4 Å². The number of carboxylic acids is 1. The van der Waals surface area contributed by atoms with Crippen LogP contribution in [0.2, 0.25) is 0 Å². The minimum absolute atomic E-state index is 0.356. The number of carbonyl (C=O) groups is 2. The summed E-state index contributed by atoms with van der Waals surface area (Å²) in [6.07, 6.45) is -1.93. The number of esters is 1. The van der Waals surface area contributed by atoms with E-state index in [1.165, 1.54) is 18.9 Å². The van der Waals surface area contributed by atoms with Gasteiger partial charge in [-0.2, -0.15) is 13.2 Å². The summed E-state index contributed by atoms with van der Waals surface area (Å²) in [6.45, 7) is 4.16. The molecule has 0 unspecified atom stereocenters. The molecular formula is C22H21F3N2O4S. The minimum atomic E-state index is -5.08. The summed E-state index contributed by atoms with van der Waals surface area (Å²) in [5.41, 5.74) is 2.25. The highest BCUT2D eigenvalue weighted by atomic mass is 32.1. The molecule has 2 aromatic rings. The van der Waals surface area contributed by atoms with Crippen LogP contribution < -0.4 is 10.2 Å². The molecule has 1 aromatic carbocycles. The number of halogens is 3. The number of piperazine rings is 1. The van der Waals surface area contributed by atoms with Crippen LogP contribution in [0.4, 0.5) is 18.9 Å². The topological polar surface area (TPSA) is 78.9 Å². The zero-order chi connectivity index (χ0) is 23.6. The van der Waals surface area contributed by atoms with E-state index in [9.17, 15) is 18.0 Å². The Kier molecular flexibility index (Phi) is 9.31. The van der Waals surface area contributed by atoms with Gasteiger partial charge in [0.25, 0.3) is 0 Å². The maximum absolute atomic E-state index is 11.1. The number of alkyl halides is 3. The van der Waals surface area contributed by atoms with Crippen LogP contribution in [0.5, 0.6) is 0 Å². The van der Waals surface area contributed by atoms with Crippen LogP contribution in [0.3, 0.4) is 0 Å².